The van der Waals surface area contributed by atoms with E-state index in [1.54, 1.807) is 0 Å². The number of hydrogen-bond donors (Lipinski definition) is 2. The fraction of sp³-hybridized carbons (Fsp3) is 0. The third-order valence-corrected chi connectivity index (χ3v) is 3.14. The van der Waals surface area contributed by atoms with Gasteiger partial charge in [0.15, 0.2) is 5.11 Å². The van der Waals surface area contributed by atoms with Crippen molar-refractivity contribution in [1.82, 2.24) is 5.43 Å². The zero-order valence-electron chi connectivity index (χ0n) is 11.1. The van der Waals surface area contributed by atoms with Gasteiger partial charge in [0.1, 0.15) is 11.5 Å². The highest BCUT2D eigenvalue weighted by atomic mass is 32.1. The molecule has 3 N–H and O–H groups in total. The van der Waals surface area contributed by atoms with Gasteiger partial charge < -0.3 is 10.2 Å². The van der Waals surface area contributed by atoms with Crippen LogP contribution in [0.5, 0.6) is 0 Å². The molecule has 0 unspecified atom stereocenters. The van der Waals surface area contributed by atoms with Crippen molar-refractivity contribution in [3.63, 3.8) is 0 Å². The van der Waals surface area contributed by atoms with Crippen molar-refractivity contribution in [2.45, 2.75) is 0 Å². The van der Waals surface area contributed by atoms with Crippen LogP contribution in [0.2, 0.25) is 0 Å². The smallest absolute Gasteiger partial charge is 0.184 e. The van der Waals surface area contributed by atoms with Gasteiger partial charge in [0, 0.05) is 5.56 Å². The summed E-state index contributed by atoms with van der Waals surface area (Å²) in [5.41, 5.74) is 8.83. The molecule has 0 amide bonds. The Morgan fingerprint density at radius 1 is 1.10 bits per heavy atom. The van der Waals surface area contributed by atoms with E-state index in [1.165, 1.54) is 11.6 Å². The minimum atomic E-state index is 0.118. The van der Waals surface area contributed by atoms with Crippen LogP contribution in [0.4, 0.5) is 0 Å². The molecule has 0 atom stereocenters. The van der Waals surface area contributed by atoms with E-state index >= 15 is 0 Å². The van der Waals surface area contributed by atoms with E-state index in [2.05, 4.69) is 40.9 Å². The van der Waals surface area contributed by atoms with Crippen molar-refractivity contribution >= 4 is 34.3 Å². The molecule has 0 aliphatic rings. The Balaban J connectivity index is 1.95. The number of hydrogen-bond acceptors (Lipinski definition) is 3. The van der Waals surface area contributed by atoms with Gasteiger partial charge in [-0.3, -0.25) is 5.43 Å². The highest BCUT2D eigenvalue weighted by molar-refractivity contribution is 7.80. The van der Waals surface area contributed by atoms with Crippen molar-refractivity contribution in [3.05, 3.63) is 60.4 Å². The number of nitrogens with one attached hydrogen (secondary N) is 1. The zero-order chi connectivity index (χ0) is 14.7. The molecule has 1 aromatic heterocycles. The van der Waals surface area contributed by atoms with Crippen molar-refractivity contribution in [3.8, 4) is 11.3 Å². The third kappa shape index (κ3) is 2.93. The number of furan rings is 1. The first-order valence-corrected chi connectivity index (χ1v) is 6.81. The SMILES string of the molecule is NC(=S)N/N=C/c1ccc(-c2cccc3ccccc23)o1. The number of nitrogens with two attached hydrogens (primary N) is 1. The Morgan fingerprint density at radius 2 is 1.90 bits per heavy atom. The average molecular weight is 295 g/mol. The zero-order valence-corrected chi connectivity index (χ0v) is 11.9. The Morgan fingerprint density at radius 3 is 2.76 bits per heavy atom. The second-order valence-electron chi connectivity index (χ2n) is 4.46. The van der Waals surface area contributed by atoms with E-state index in [9.17, 15) is 0 Å². The van der Waals surface area contributed by atoms with Crippen molar-refractivity contribution < 1.29 is 4.42 Å². The lowest BCUT2D eigenvalue weighted by Gasteiger charge is -2.03. The predicted molar refractivity (Wildman–Crippen MR) is 89.2 cm³/mol. The molecule has 3 aromatic rings. The van der Waals surface area contributed by atoms with Crippen molar-refractivity contribution in [2.24, 2.45) is 10.8 Å². The lowest BCUT2D eigenvalue weighted by molar-refractivity contribution is 0.575. The lowest BCUT2D eigenvalue weighted by Crippen LogP contribution is -2.23. The largest absolute Gasteiger partial charge is 0.455 e. The van der Waals surface area contributed by atoms with Crippen LogP contribution in [0, 0.1) is 0 Å². The molecule has 0 bridgehead atoms. The van der Waals surface area contributed by atoms with Gasteiger partial charge in [-0.15, -0.1) is 0 Å². The van der Waals surface area contributed by atoms with Gasteiger partial charge in [-0.2, -0.15) is 5.10 Å². The number of hydrazone groups is 1. The summed E-state index contributed by atoms with van der Waals surface area (Å²) in [5, 5.41) is 6.32. The summed E-state index contributed by atoms with van der Waals surface area (Å²) in [6.45, 7) is 0. The average Bonchev–Trinajstić information content (AvgIpc) is 2.95. The summed E-state index contributed by atoms with van der Waals surface area (Å²) < 4.78 is 5.79. The molecule has 0 radical (unpaired) electrons. The van der Waals surface area contributed by atoms with E-state index in [0.717, 1.165) is 16.7 Å². The topological polar surface area (TPSA) is 63.5 Å². The van der Waals surface area contributed by atoms with Crippen molar-refractivity contribution in [2.75, 3.05) is 0 Å². The van der Waals surface area contributed by atoms with Gasteiger partial charge in [0.05, 0.1) is 6.21 Å². The second-order valence-corrected chi connectivity index (χ2v) is 4.90. The second kappa shape index (κ2) is 5.76. The summed E-state index contributed by atoms with van der Waals surface area (Å²) in [6, 6.07) is 18.1. The minimum absolute atomic E-state index is 0.118. The third-order valence-electron chi connectivity index (χ3n) is 3.05. The molecule has 4 nitrogen and oxygen atoms in total. The van der Waals surface area contributed by atoms with E-state index in [0.29, 0.717) is 5.76 Å². The summed E-state index contributed by atoms with van der Waals surface area (Å²) in [6.07, 6.45) is 1.54. The van der Waals surface area contributed by atoms with E-state index in [4.69, 9.17) is 10.2 Å². The first-order chi connectivity index (χ1) is 10.2. The number of nitrogens with zero attached hydrogens (tertiary/aromatic N) is 1. The van der Waals surface area contributed by atoms with E-state index in [-0.39, 0.29) is 5.11 Å². The Bertz CT molecular complexity index is 818. The lowest BCUT2D eigenvalue weighted by atomic mass is 10.0. The van der Waals surface area contributed by atoms with Gasteiger partial charge in [-0.05, 0) is 35.1 Å². The normalized spacial score (nSPS) is 11.0. The number of benzene rings is 2. The monoisotopic (exact) mass is 295 g/mol. The molecule has 1 heterocycles. The molecule has 3 rings (SSSR count). The van der Waals surface area contributed by atoms with Gasteiger partial charge in [-0.25, -0.2) is 0 Å². The quantitative estimate of drug-likeness (QED) is 0.442. The van der Waals surface area contributed by atoms with Crippen LogP contribution in [0.1, 0.15) is 5.76 Å². The molecule has 0 fully saturated rings. The van der Waals surface area contributed by atoms with Gasteiger partial charge >= 0.3 is 0 Å². The molecular formula is C16H13N3OS. The molecule has 0 aliphatic heterocycles. The number of fused-ring (bicyclic) bond motifs is 1. The van der Waals surface area contributed by atoms with E-state index < -0.39 is 0 Å². The van der Waals surface area contributed by atoms with Crippen LogP contribution in [0.15, 0.2) is 64.1 Å². The fourth-order valence-corrected chi connectivity index (χ4v) is 2.22. The Kier molecular flexibility index (Phi) is 3.66. The van der Waals surface area contributed by atoms with Crippen LogP contribution >= 0.6 is 12.2 Å². The number of thiocarbonyl (C=S) groups is 1. The van der Waals surface area contributed by atoms with Gasteiger partial charge in [0.25, 0.3) is 0 Å². The molecule has 21 heavy (non-hydrogen) atoms. The summed E-state index contributed by atoms with van der Waals surface area (Å²) in [7, 11) is 0. The molecule has 0 saturated carbocycles. The van der Waals surface area contributed by atoms with Crippen LogP contribution in [-0.4, -0.2) is 11.3 Å². The molecule has 0 aliphatic carbocycles. The number of rotatable bonds is 3. The predicted octanol–water partition coefficient (Wildman–Crippen LogP) is 3.27. The van der Waals surface area contributed by atoms with Crippen molar-refractivity contribution in [1.29, 1.82) is 0 Å². The standard InChI is InChI=1S/C16H13N3OS/c17-16(21)19-18-10-12-8-9-15(20-12)14-7-3-5-11-4-1-2-6-13(11)14/h1-10H,(H3,17,19,21)/b18-10+. The minimum Gasteiger partial charge on any atom is -0.455 e. The van der Waals surface area contributed by atoms with Crippen LogP contribution < -0.4 is 11.2 Å². The summed E-state index contributed by atoms with van der Waals surface area (Å²) in [5.74, 6) is 1.42. The molecule has 0 spiro atoms. The first-order valence-electron chi connectivity index (χ1n) is 6.40. The van der Waals surface area contributed by atoms with Crippen LogP contribution in [0.25, 0.3) is 22.1 Å². The van der Waals surface area contributed by atoms with Crippen LogP contribution in [0.3, 0.4) is 0 Å². The maximum Gasteiger partial charge on any atom is 0.184 e. The van der Waals surface area contributed by atoms with E-state index in [1.807, 2.05) is 36.4 Å². The summed E-state index contributed by atoms with van der Waals surface area (Å²) in [4.78, 5) is 0. The highest BCUT2D eigenvalue weighted by Gasteiger charge is 2.07. The molecular weight excluding hydrogens is 282 g/mol. The Hall–Kier alpha value is -2.66. The Labute approximate surface area is 127 Å². The maximum atomic E-state index is 5.79. The van der Waals surface area contributed by atoms with Gasteiger partial charge in [-0.1, -0.05) is 42.5 Å². The molecule has 0 saturated heterocycles. The molecule has 5 heteroatoms. The maximum absolute atomic E-state index is 5.79. The highest BCUT2D eigenvalue weighted by Crippen LogP contribution is 2.29. The van der Waals surface area contributed by atoms with Gasteiger partial charge in [0.2, 0.25) is 0 Å². The molecule has 2 aromatic carbocycles. The van der Waals surface area contributed by atoms with Crippen LogP contribution in [-0.2, 0) is 0 Å². The fourth-order valence-electron chi connectivity index (χ4n) is 2.17. The molecule has 104 valence electrons. The summed E-state index contributed by atoms with van der Waals surface area (Å²) >= 11 is 4.67. The first kappa shape index (κ1) is 13.3.